The number of hydrogen-bond donors (Lipinski definition) is 3. The molecule has 1 atom stereocenters. The van der Waals surface area contributed by atoms with Gasteiger partial charge in [-0.25, -0.2) is 14.1 Å². The molecule has 0 aliphatic heterocycles. The molecule has 0 amide bonds. The molecule has 1 heterocycles. The summed E-state index contributed by atoms with van der Waals surface area (Å²) in [6.45, 7) is 0. The second kappa shape index (κ2) is 5.58. The Morgan fingerprint density at radius 3 is 2.27 bits per heavy atom. The van der Waals surface area contributed by atoms with Gasteiger partial charge in [0, 0.05) is 6.20 Å². The summed E-state index contributed by atoms with van der Waals surface area (Å²) in [6, 6.07) is 0. The van der Waals surface area contributed by atoms with Gasteiger partial charge in [-0.2, -0.15) is 9.04 Å². The minimum absolute atomic E-state index is 0. The molecule has 1 rings (SSSR count). The SMILES string of the molecule is O=P(O)(O)OP(=O)(O)On1ccnc1.[NaH]. The third-order valence-corrected chi connectivity index (χ3v) is 2.96. The van der Waals surface area contributed by atoms with Gasteiger partial charge in [0.2, 0.25) is 0 Å². The van der Waals surface area contributed by atoms with Gasteiger partial charge in [0.25, 0.3) is 0 Å². The van der Waals surface area contributed by atoms with Gasteiger partial charge in [-0.1, -0.05) is 0 Å². The van der Waals surface area contributed by atoms with E-state index in [0.29, 0.717) is 4.73 Å². The Hall–Kier alpha value is 0.310. The van der Waals surface area contributed by atoms with Crippen LogP contribution in [-0.2, 0) is 13.4 Å². The zero-order valence-corrected chi connectivity index (χ0v) is 8.28. The number of aromatic nitrogens is 2. The predicted octanol–water partition coefficient (Wildman–Crippen LogP) is -1.13. The molecule has 9 nitrogen and oxygen atoms in total. The quantitative estimate of drug-likeness (QED) is 0.462. The summed E-state index contributed by atoms with van der Waals surface area (Å²) in [5, 5.41) is 0. The number of phosphoric acid groups is 2. The number of hydrogen-bond acceptors (Lipinski definition) is 5. The Morgan fingerprint density at radius 1 is 1.27 bits per heavy atom. The number of nitrogens with zero attached hydrogens (tertiary/aromatic N) is 2. The van der Waals surface area contributed by atoms with Crippen molar-refractivity contribution >= 4 is 45.2 Å². The van der Waals surface area contributed by atoms with E-state index in [2.05, 4.69) is 13.9 Å². The van der Waals surface area contributed by atoms with Crippen molar-refractivity contribution in [2.24, 2.45) is 0 Å². The predicted molar refractivity (Wildman–Crippen MR) is 48.9 cm³/mol. The van der Waals surface area contributed by atoms with Crippen molar-refractivity contribution in [3.63, 3.8) is 0 Å². The first-order valence-corrected chi connectivity index (χ1v) is 6.09. The van der Waals surface area contributed by atoms with Gasteiger partial charge < -0.3 is 14.4 Å². The second-order valence-electron chi connectivity index (χ2n) is 2.05. The Bertz CT molecular complexity index is 387. The van der Waals surface area contributed by atoms with Gasteiger partial charge in [0.1, 0.15) is 6.33 Å². The zero-order chi connectivity index (χ0) is 10.8. The minimum atomic E-state index is -5.08. The summed E-state index contributed by atoms with van der Waals surface area (Å²) < 4.78 is 29.4. The van der Waals surface area contributed by atoms with Gasteiger partial charge >= 0.3 is 45.2 Å². The van der Waals surface area contributed by atoms with Crippen molar-refractivity contribution in [3.05, 3.63) is 18.7 Å². The molecule has 0 bridgehead atoms. The van der Waals surface area contributed by atoms with Crippen LogP contribution in [0.4, 0.5) is 0 Å². The number of rotatable bonds is 4. The maximum absolute atomic E-state index is 10.9. The summed E-state index contributed by atoms with van der Waals surface area (Å²) in [6.07, 6.45) is 3.38. The fraction of sp³-hybridized carbons (Fsp3) is 0. The first-order chi connectivity index (χ1) is 6.29. The maximum atomic E-state index is 10.9. The van der Waals surface area contributed by atoms with Crippen LogP contribution in [0.3, 0.4) is 0 Å². The van der Waals surface area contributed by atoms with E-state index in [9.17, 15) is 9.13 Å². The topological polar surface area (TPSA) is 131 Å². The van der Waals surface area contributed by atoms with Crippen LogP contribution in [0, 0.1) is 0 Å². The molecule has 1 unspecified atom stereocenters. The van der Waals surface area contributed by atoms with Crippen LogP contribution in [0.2, 0.25) is 0 Å². The molecule has 0 fully saturated rings. The molecule has 3 N–H and O–H groups in total. The van der Waals surface area contributed by atoms with Crippen molar-refractivity contribution in [1.82, 2.24) is 9.71 Å². The molecular formula is C3H7N2NaO7P2. The molecule has 82 valence electrons. The molecule has 0 aromatic carbocycles. The van der Waals surface area contributed by atoms with Gasteiger partial charge in [0.15, 0.2) is 0 Å². The van der Waals surface area contributed by atoms with Crippen molar-refractivity contribution in [2.45, 2.75) is 0 Å². The normalized spacial score (nSPS) is 15.1. The van der Waals surface area contributed by atoms with Crippen molar-refractivity contribution < 1.29 is 32.7 Å². The van der Waals surface area contributed by atoms with E-state index in [0.717, 1.165) is 12.5 Å². The monoisotopic (exact) mass is 268 g/mol. The third kappa shape index (κ3) is 6.47. The zero-order valence-electron chi connectivity index (χ0n) is 6.50. The Balaban J connectivity index is 0.00000196. The molecule has 0 saturated carbocycles. The molecule has 0 radical (unpaired) electrons. The Morgan fingerprint density at radius 2 is 1.87 bits per heavy atom. The van der Waals surface area contributed by atoms with Crippen LogP contribution in [-0.4, -0.2) is 54.0 Å². The molecule has 1 aromatic rings. The van der Waals surface area contributed by atoms with Crippen LogP contribution in [0.5, 0.6) is 0 Å². The Labute approximate surface area is 106 Å². The van der Waals surface area contributed by atoms with E-state index in [1.165, 1.54) is 6.20 Å². The van der Waals surface area contributed by atoms with E-state index in [4.69, 9.17) is 14.7 Å². The Kier molecular flexibility index (Phi) is 5.70. The molecule has 15 heavy (non-hydrogen) atoms. The molecule has 0 spiro atoms. The molecule has 1 aromatic heterocycles. The third-order valence-electron chi connectivity index (χ3n) is 0.887. The molecule has 0 aliphatic carbocycles. The summed E-state index contributed by atoms with van der Waals surface area (Å²) in [4.78, 5) is 28.7. The van der Waals surface area contributed by atoms with E-state index < -0.39 is 15.6 Å². The summed E-state index contributed by atoms with van der Waals surface area (Å²) >= 11 is 0. The second-order valence-corrected chi connectivity index (χ2v) is 4.78. The van der Waals surface area contributed by atoms with Gasteiger partial charge in [-0.15, -0.1) is 0 Å². The number of imidazole rings is 1. The van der Waals surface area contributed by atoms with Crippen LogP contribution in [0.1, 0.15) is 0 Å². The fourth-order valence-electron chi connectivity index (χ4n) is 0.564. The van der Waals surface area contributed by atoms with E-state index in [1.807, 2.05) is 0 Å². The van der Waals surface area contributed by atoms with E-state index in [-0.39, 0.29) is 29.6 Å². The standard InChI is InChI=1S/C3H6N2O7P2.Na.H/c6-13(7,8)12-14(9,10)11-5-2-1-4-3-5;;/h1-3H,(H,9,10)(H2,6,7,8);;. The van der Waals surface area contributed by atoms with E-state index in [1.54, 1.807) is 0 Å². The van der Waals surface area contributed by atoms with Gasteiger partial charge in [-0.3, -0.25) is 4.89 Å². The average Bonchev–Trinajstić information content (AvgIpc) is 2.31. The van der Waals surface area contributed by atoms with Crippen molar-refractivity contribution in [1.29, 1.82) is 0 Å². The molecule has 12 heteroatoms. The van der Waals surface area contributed by atoms with Gasteiger partial charge in [0.05, 0.1) is 6.20 Å². The summed E-state index contributed by atoms with van der Waals surface area (Å²) in [7, 11) is -9.92. The van der Waals surface area contributed by atoms with Crippen LogP contribution in [0.15, 0.2) is 18.7 Å². The first kappa shape index (κ1) is 15.3. The summed E-state index contributed by atoms with van der Waals surface area (Å²) in [5.74, 6) is 0. The first-order valence-electron chi connectivity index (χ1n) is 3.06. The van der Waals surface area contributed by atoms with Crippen molar-refractivity contribution in [3.8, 4) is 0 Å². The van der Waals surface area contributed by atoms with E-state index >= 15 is 0 Å². The molecular weight excluding hydrogens is 261 g/mol. The molecule has 0 saturated heterocycles. The average molecular weight is 268 g/mol. The van der Waals surface area contributed by atoms with Crippen LogP contribution in [0.25, 0.3) is 0 Å². The van der Waals surface area contributed by atoms with Gasteiger partial charge in [-0.05, 0) is 0 Å². The summed E-state index contributed by atoms with van der Waals surface area (Å²) in [5.41, 5.74) is 0. The molecule has 0 aliphatic rings. The van der Waals surface area contributed by atoms with Crippen molar-refractivity contribution in [2.75, 3.05) is 0 Å². The fourth-order valence-corrected chi connectivity index (χ4v) is 2.09. The van der Waals surface area contributed by atoms with Crippen LogP contribution < -0.4 is 4.62 Å². The van der Waals surface area contributed by atoms with Crippen LogP contribution >= 0.6 is 15.6 Å².